The van der Waals surface area contributed by atoms with Crippen LogP contribution in [0.4, 0.5) is 0 Å². The summed E-state index contributed by atoms with van der Waals surface area (Å²) in [6.45, 7) is 0.795. The Balaban J connectivity index is 1.21. The lowest BCUT2D eigenvalue weighted by molar-refractivity contribution is -0.126. The number of fused-ring (bicyclic) bond motifs is 1. The minimum atomic E-state index is -3.29. The molecule has 37 heavy (non-hydrogen) atoms. The van der Waals surface area contributed by atoms with Crippen molar-refractivity contribution in [2.75, 3.05) is 26.0 Å². The number of benzene rings is 1. The summed E-state index contributed by atoms with van der Waals surface area (Å²) in [4.78, 5) is 31.8. The fraction of sp³-hybridized carbons (Fsp3) is 0.360. The lowest BCUT2D eigenvalue weighted by Gasteiger charge is -2.33. The number of hydrogen-bond acceptors (Lipinski definition) is 7. The van der Waals surface area contributed by atoms with Crippen molar-refractivity contribution in [1.29, 1.82) is 0 Å². The standard InChI is InChI=1S/C25H26ClN5O5S/c1-36-23-10-18(19(26)12-27-23)20-11-21(30-29-20)25(33)31-8-6-15(7-9-31)24(32)28-22-14-37(34,35)13-16-4-2-3-5-17(16)22/h2-5,10-12,15,22H,6-9,13-14H2,1H3,(H,28,32)(H,29,30). The van der Waals surface area contributed by atoms with Gasteiger partial charge in [-0.1, -0.05) is 35.9 Å². The molecule has 4 heterocycles. The average Bonchev–Trinajstić information content (AvgIpc) is 3.38. The third kappa shape index (κ3) is 5.33. The molecule has 12 heteroatoms. The number of pyridine rings is 1. The van der Waals surface area contributed by atoms with Gasteiger partial charge in [-0.25, -0.2) is 13.4 Å². The van der Waals surface area contributed by atoms with Gasteiger partial charge in [0.2, 0.25) is 11.8 Å². The zero-order chi connectivity index (χ0) is 26.2. The highest BCUT2D eigenvalue weighted by molar-refractivity contribution is 7.90. The Morgan fingerprint density at radius 2 is 1.95 bits per heavy atom. The summed E-state index contributed by atoms with van der Waals surface area (Å²) in [5.41, 5.74) is 2.97. The summed E-state index contributed by atoms with van der Waals surface area (Å²) in [5.74, 6) is -0.447. The van der Waals surface area contributed by atoms with Gasteiger partial charge in [-0.15, -0.1) is 0 Å². The van der Waals surface area contributed by atoms with E-state index < -0.39 is 15.9 Å². The first-order valence-electron chi connectivity index (χ1n) is 11.9. The number of carbonyl (C=O) groups excluding carboxylic acids is 2. The Morgan fingerprint density at radius 3 is 2.70 bits per heavy atom. The summed E-state index contributed by atoms with van der Waals surface area (Å²) in [6.07, 6.45) is 2.42. The fourth-order valence-electron chi connectivity index (χ4n) is 4.87. The number of carbonyl (C=O) groups is 2. The second-order valence-electron chi connectivity index (χ2n) is 9.25. The molecule has 0 saturated carbocycles. The number of rotatable bonds is 5. The van der Waals surface area contributed by atoms with Crippen molar-refractivity contribution >= 4 is 33.3 Å². The lowest BCUT2D eigenvalue weighted by atomic mass is 9.94. The molecule has 2 aromatic heterocycles. The number of nitrogens with one attached hydrogen (secondary N) is 2. The molecular formula is C25H26ClN5O5S. The first kappa shape index (κ1) is 25.2. The molecule has 1 unspecified atom stereocenters. The van der Waals surface area contributed by atoms with E-state index in [0.717, 1.165) is 11.1 Å². The van der Waals surface area contributed by atoms with E-state index in [0.29, 0.717) is 53.8 Å². The van der Waals surface area contributed by atoms with Crippen molar-refractivity contribution < 1.29 is 22.7 Å². The first-order valence-corrected chi connectivity index (χ1v) is 14.1. The Kier molecular flexibility index (Phi) is 6.91. The largest absolute Gasteiger partial charge is 0.481 e. The van der Waals surface area contributed by atoms with E-state index in [1.807, 2.05) is 12.1 Å². The molecule has 1 saturated heterocycles. The number of methoxy groups -OCH3 is 1. The van der Waals surface area contributed by atoms with E-state index in [1.165, 1.54) is 13.3 Å². The second kappa shape index (κ2) is 10.1. The van der Waals surface area contributed by atoms with E-state index >= 15 is 0 Å². The molecule has 1 atom stereocenters. The molecule has 194 valence electrons. The molecule has 0 spiro atoms. The Morgan fingerprint density at radius 1 is 1.19 bits per heavy atom. The van der Waals surface area contributed by atoms with Crippen molar-refractivity contribution in [3.05, 3.63) is 64.4 Å². The number of halogens is 1. The molecule has 3 aromatic rings. The Bertz CT molecular complexity index is 1450. The van der Waals surface area contributed by atoms with Gasteiger partial charge in [0.15, 0.2) is 9.84 Å². The maximum absolute atomic E-state index is 13.1. The molecule has 0 radical (unpaired) electrons. The van der Waals surface area contributed by atoms with Crippen molar-refractivity contribution in [3.8, 4) is 17.1 Å². The van der Waals surface area contributed by atoms with Crippen molar-refractivity contribution in [1.82, 2.24) is 25.4 Å². The third-order valence-corrected chi connectivity index (χ3v) is 8.71. The number of aromatic nitrogens is 3. The number of aromatic amines is 1. The van der Waals surface area contributed by atoms with Crippen molar-refractivity contribution in [2.24, 2.45) is 5.92 Å². The number of ether oxygens (including phenoxy) is 1. The molecule has 2 aliphatic rings. The van der Waals surface area contributed by atoms with Crippen LogP contribution in [0.2, 0.25) is 5.02 Å². The highest BCUT2D eigenvalue weighted by Crippen LogP contribution is 2.31. The monoisotopic (exact) mass is 543 g/mol. The minimum Gasteiger partial charge on any atom is -0.481 e. The number of amides is 2. The van der Waals surface area contributed by atoms with Gasteiger partial charge in [-0.2, -0.15) is 5.10 Å². The molecule has 0 bridgehead atoms. The van der Waals surface area contributed by atoms with Gasteiger partial charge in [0.05, 0.1) is 41.6 Å². The van der Waals surface area contributed by atoms with Crippen LogP contribution in [0.25, 0.3) is 11.3 Å². The number of hydrogen-bond donors (Lipinski definition) is 2. The molecule has 1 aromatic carbocycles. The molecule has 5 rings (SSSR count). The van der Waals surface area contributed by atoms with Crippen LogP contribution >= 0.6 is 11.6 Å². The number of piperidine rings is 1. The summed E-state index contributed by atoms with van der Waals surface area (Å²) in [7, 11) is -1.79. The molecule has 2 aliphatic heterocycles. The van der Waals surface area contributed by atoms with Crippen LogP contribution in [-0.2, 0) is 20.4 Å². The molecule has 0 aliphatic carbocycles. The van der Waals surface area contributed by atoms with Crippen LogP contribution in [0.15, 0.2) is 42.6 Å². The van der Waals surface area contributed by atoms with E-state index in [1.54, 1.807) is 29.2 Å². The van der Waals surface area contributed by atoms with Crippen LogP contribution in [0, 0.1) is 5.92 Å². The van der Waals surface area contributed by atoms with Crippen LogP contribution in [-0.4, -0.2) is 66.3 Å². The van der Waals surface area contributed by atoms with Gasteiger partial charge in [0, 0.05) is 30.6 Å². The normalized spacial score (nSPS) is 19.2. The van der Waals surface area contributed by atoms with Gasteiger partial charge in [0.1, 0.15) is 5.69 Å². The number of H-pyrrole nitrogens is 1. The molecule has 1 fully saturated rings. The van der Waals surface area contributed by atoms with Gasteiger partial charge in [-0.05, 0) is 30.0 Å². The van der Waals surface area contributed by atoms with Gasteiger partial charge >= 0.3 is 0 Å². The SMILES string of the molecule is COc1cc(-c2cc(C(=O)N3CCC(C(=O)NC4CS(=O)(=O)Cc5ccccc54)CC3)[nH]n2)c(Cl)cn1. The minimum absolute atomic E-state index is 0.00767. The first-order chi connectivity index (χ1) is 17.7. The highest BCUT2D eigenvalue weighted by Gasteiger charge is 2.34. The summed E-state index contributed by atoms with van der Waals surface area (Å²) in [5, 5.41) is 10.3. The maximum atomic E-state index is 13.1. The summed E-state index contributed by atoms with van der Waals surface area (Å²) in [6, 6.07) is 10.0. The van der Waals surface area contributed by atoms with Crippen molar-refractivity contribution in [3.63, 3.8) is 0 Å². The number of sulfone groups is 1. The van der Waals surface area contributed by atoms with Gasteiger partial charge < -0.3 is 15.0 Å². The quantitative estimate of drug-likeness (QED) is 0.505. The second-order valence-corrected chi connectivity index (χ2v) is 11.8. The van der Waals surface area contributed by atoms with Crippen LogP contribution < -0.4 is 10.1 Å². The zero-order valence-electron chi connectivity index (χ0n) is 20.1. The fourth-order valence-corrected chi connectivity index (χ4v) is 6.69. The maximum Gasteiger partial charge on any atom is 0.271 e. The lowest BCUT2D eigenvalue weighted by Crippen LogP contribution is -2.45. The van der Waals surface area contributed by atoms with Gasteiger partial charge in [0.25, 0.3) is 5.91 Å². The van der Waals surface area contributed by atoms with Crippen LogP contribution in [0.1, 0.15) is 40.5 Å². The van der Waals surface area contributed by atoms with E-state index in [4.69, 9.17) is 16.3 Å². The van der Waals surface area contributed by atoms with E-state index in [2.05, 4.69) is 20.5 Å². The molecular weight excluding hydrogens is 518 g/mol. The average molecular weight is 544 g/mol. The van der Waals surface area contributed by atoms with Crippen molar-refractivity contribution in [2.45, 2.75) is 24.6 Å². The zero-order valence-corrected chi connectivity index (χ0v) is 21.7. The van der Waals surface area contributed by atoms with E-state index in [9.17, 15) is 18.0 Å². The molecule has 2 amide bonds. The van der Waals surface area contributed by atoms with Gasteiger partial charge in [-0.3, -0.25) is 14.7 Å². The Hall–Kier alpha value is -3.44. The highest BCUT2D eigenvalue weighted by atomic mass is 35.5. The Labute approximate surface area is 219 Å². The topological polar surface area (TPSA) is 134 Å². The van der Waals surface area contributed by atoms with Crippen LogP contribution in [0.3, 0.4) is 0 Å². The summed E-state index contributed by atoms with van der Waals surface area (Å²) >= 11 is 6.25. The third-order valence-electron chi connectivity index (χ3n) is 6.82. The predicted molar refractivity (Wildman–Crippen MR) is 137 cm³/mol. The summed E-state index contributed by atoms with van der Waals surface area (Å²) < 4.78 is 29.9. The predicted octanol–water partition coefficient (Wildman–Crippen LogP) is 2.77. The van der Waals surface area contributed by atoms with E-state index in [-0.39, 0.29) is 29.2 Å². The number of likely N-dealkylation sites (tertiary alicyclic amines) is 1. The van der Waals surface area contributed by atoms with Crippen LogP contribution in [0.5, 0.6) is 5.88 Å². The smallest absolute Gasteiger partial charge is 0.271 e. The number of nitrogens with zero attached hydrogens (tertiary/aromatic N) is 3. The molecule has 10 nitrogen and oxygen atoms in total. The molecule has 2 N–H and O–H groups in total.